The fourth-order valence-corrected chi connectivity index (χ4v) is 4.08. The fourth-order valence-electron chi connectivity index (χ4n) is 4.08. The molecule has 1 N–H and O–H groups in total. The van der Waals surface area contributed by atoms with E-state index in [0.29, 0.717) is 6.04 Å². The molecule has 1 aromatic carbocycles. The lowest BCUT2D eigenvalue weighted by molar-refractivity contribution is -0.0431. The molecule has 2 aliphatic carbocycles. The molecular weight excluding hydrogens is 262 g/mol. The van der Waals surface area contributed by atoms with Gasteiger partial charge in [0.15, 0.2) is 11.5 Å². The summed E-state index contributed by atoms with van der Waals surface area (Å²) in [5.41, 5.74) is 1.12. The van der Waals surface area contributed by atoms with E-state index < -0.39 is 5.79 Å². The molecule has 4 atom stereocenters. The summed E-state index contributed by atoms with van der Waals surface area (Å²) in [5, 5.41) is 3.66. The zero-order valence-electron chi connectivity index (χ0n) is 12.9. The maximum atomic E-state index is 5.82. The maximum Gasteiger partial charge on any atom is 0.246 e. The highest BCUT2D eigenvalue weighted by molar-refractivity contribution is 5.56. The van der Waals surface area contributed by atoms with Crippen molar-refractivity contribution in [3.8, 4) is 11.5 Å². The number of nitrogens with one attached hydrogen (secondary N) is 1. The predicted octanol–water partition coefficient (Wildman–Crippen LogP) is 4.21. The van der Waals surface area contributed by atoms with Gasteiger partial charge in [0.05, 0.1) is 0 Å². The van der Waals surface area contributed by atoms with Crippen LogP contribution in [-0.4, -0.2) is 11.8 Å². The Balaban J connectivity index is 1.47. The highest BCUT2D eigenvalue weighted by Gasteiger charge is 2.38. The SMILES string of the molecule is CC(Nc1ccc2c(c1)OC(C)(C)O2)C1CC2C=CC1C2. The van der Waals surface area contributed by atoms with Crippen molar-refractivity contribution in [1.29, 1.82) is 0 Å². The third kappa shape index (κ3) is 2.29. The Labute approximate surface area is 126 Å². The number of hydrogen-bond donors (Lipinski definition) is 1. The van der Waals surface area contributed by atoms with Crippen LogP contribution in [0.25, 0.3) is 0 Å². The van der Waals surface area contributed by atoms with Gasteiger partial charge in [-0.2, -0.15) is 0 Å². The van der Waals surface area contributed by atoms with Gasteiger partial charge in [-0.1, -0.05) is 12.2 Å². The molecule has 0 saturated heterocycles. The average Bonchev–Trinajstić information content (AvgIpc) is 3.09. The summed E-state index contributed by atoms with van der Waals surface area (Å²) in [7, 11) is 0. The van der Waals surface area contributed by atoms with E-state index in [1.807, 2.05) is 19.9 Å². The first-order valence-electron chi connectivity index (χ1n) is 7.97. The highest BCUT2D eigenvalue weighted by atomic mass is 16.7. The third-order valence-corrected chi connectivity index (χ3v) is 5.02. The second-order valence-electron chi connectivity index (χ2n) is 7.14. The summed E-state index contributed by atoms with van der Waals surface area (Å²) in [5.74, 6) is 3.46. The van der Waals surface area contributed by atoms with Crippen LogP contribution < -0.4 is 14.8 Å². The van der Waals surface area contributed by atoms with E-state index in [4.69, 9.17) is 9.47 Å². The van der Waals surface area contributed by atoms with Gasteiger partial charge >= 0.3 is 0 Å². The molecule has 3 heteroatoms. The van der Waals surface area contributed by atoms with E-state index in [2.05, 4.69) is 36.5 Å². The Kier molecular flexibility index (Phi) is 2.75. The minimum absolute atomic E-state index is 0.485. The van der Waals surface area contributed by atoms with Crippen molar-refractivity contribution in [1.82, 2.24) is 0 Å². The first-order valence-corrected chi connectivity index (χ1v) is 7.97. The molecular formula is C18H23NO2. The number of benzene rings is 1. The zero-order chi connectivity index (χ0) is 14.6. The van der Waals surface area contributed by atoms with Gasteiger partial charge in [0, 0.05) is 31.6 Å². The van der Waals surface area contributed by atoms with E-state index in [9.17, 15) is 0 Å². The standard InChI is InChI=1S/C18H23NO2/c1-11(15-9-12-4-5-13(15)8-12)19-14-6-7-16-17(10-14)21-18(2,3)20-16/h4-7,10-13,15,19H,8-9H2,1-3H3. The lowest BCUT2D eigenvalue weighted by Crippen LogP contribution is -2.29. The number of ether oxygens (including phenoxy) is 2. The van der Waals surface area contributed by atoms with Gasteiger partial charge in [-0.25, -0.2) is 0 Å². The Bertz CT molecular complexity index is 593. The molecule has 4 unspecified atom stereocenters. The average molecular weight is 285 g/mol. The molecule has 2 bridgehead atoms. The number of anilines is 1. The van der Waals surface area contributed by atoms with Gasteiger partial charge in [0.1, 0.15) is 0 Å². The summed E-state index contributed by atoms with van der Waals surface area (Å²) in [4.78, 5) is 0. The first-order chi connectivity index (χ1) is 10.00. The normalized spacial score (nSPS) is 32.4. The van der Waals surface area contributed by atoms with Crippen molar-refractivity contribution in [2.45, 2.75) is 45.4 Å². The molecule has 112 valence electrons. The Hall–Kier alpha value is -1.64. The fraction of sp³-hybridized carbons (Fsp3) is 0.556. The molecule has 0 spiro atoms. The zero-order valence-corrected chi connectivity index (χ0v) is 12.9. The third-order valence-electron chi connectivity index (χ3n) is 5.02. The molecule has 1 aliphatic heterocycles. The Morgan fingerprint density at radius 1 is 1.14 bits per heavy atom. The molecule has 1 fully saturated rings. The maximum absolute atomic E-state index is 5.82. The lowest BCUT2D eigenvalue weighted by Gasteiger charge is -2.27. The van der Waals surface area contributed by atoms with Crippen LogP contribution >= 0.6 is 0 Å². The minimum atomic E-state index is -0.554. The van der Waals surface area contributed by atoms with Crippen LogP contribution in [0.2, 0.25) is 0 Å². The number of allylic oxidation sites excluding steroid dienone is 2. The molecule has 3 aliphatic rings. The summed E-state index contributed by atoms with van der Waals surface area (Å²) in [6, 6.07) is 6.63. The van der Waals surface area contributed by atoms with E-state index in [1.165, 1.54) is 12.8 Å². The second kappa shape index (κ2) is 4.43. The van der Waals surface area contributed by atoms with Crippen molar-refractivity contribution in [2.24, 2.45) is 17.8 Å². The van der Waals surface area contributed by atoms with Crippen LogP contribution in [0.4, 0.5) is 5.69 Å². The van der Waals surface area contributed by atoms with Crippen molar-refractivity contribution in [3.05, 3.63) is 30.4 Å². The van der Waals surface area contributed by atoms with Crippen LogP contribution in [0.5, 0.6) is 11.5 Å². The van der Waals surface area contributed by atoms with Crippen molar-refractivity contribution in [2.75, 3.05) is 5.32 Å². The summed E-state index contributed by atoms with van der Waals surface area (Å²) in [6.45, 7) is 6.17. The van der Waals surface area contributed by atoms with Crippen LogP contribution in [0, 0.1) is 17.8 Å². The molecule has 4 rings (SSSR count). The molecule has 0 radical (unpaired) electrons. The summed E-state index contributed by atoms with van der Waals surface area (Å²) in [6.07, 6.45) is 7.49. The smallest absolute Gasteiger partial charge is 0.246 e. The van der Waals surface area contributed by atoms with E-state index >= 15 is 0 Å². The predicted molar refractivity (Wildman–Crippen MR) is 83.7 cm³/mol. The quantitative estimate of drug-likeness (QED) is 0.844. The molecule has 0 aromatic heterocycles. The van der Waals surface area contributed by atoms with Gasteiger partial charge in [-0.05, 0) is 49.7 Å². The first kappa shape index (κ1) is 13.1. The van der Waals surface area contributed by atoms with E-state index in [-0.39, 0.29) is 0 Å². The van der Waals surface area contributed by atoms with E-state index in [1.54, 1.807) is 0 Å². The van der Waals surface area contributed by atoms with Crippen LogP contribution in [0.1, 0.15) is 33.6 Å². The monoisotopic (exact) mass is 285 g/mol. The highest BCUT2D eigenvalue weighted by Crippen LogP contribution is 2.46. The Morgan fingerprint density at radius 3 is 2.67 bits per heavy atom. The van der Waals surface area contributed by atoms with Gasteiger partial charge in [0.2, 0.25) is 5.79 Å². The summed E-state index contributed by atoms with van der Waals surface area (Å²) < 4.78 is 11.6. The molecule has 21 heavy (non-hydrogen) atoms. The topological polar surface area (TPSA) is 30.5 Å². The largest absolute Gasteiger partial charge is 0.449 e. The number of fused-ring (bicyclic) bond motifs is 3. The van der Waals surface area contributed by atoms with Crippen molar-refractivity contribution in [3.63, 3.8) is 0 Å². The molecule has 1 heterocycles. The van der Waals surface area contributed by atoms with Gasteiger partial charge < -0.3 is 14.8 Å². The summed E-state index contributed by atoms with van der Waals surface area (Å²) >= 11 is 0. The van der Waals surface area contributed by atoms with Crippen LogP contribution in [-0.2, 0) is 0 Å². The lowest BCUT2D eigenvalue weighted by atomic mass is 9.87. The molecule has 3 nitrogen and oxygen atoms in total. The van der Waals surface area contributed by atoms with Gasteiger partial charge in [-0.3, -0.25) is 0 Å². The molecule has 1 saturated carbocycles. The van der Waals surface area contributed by atoms with Crippen LogP contribution in [0.15, 0.2) is 30.4 Å². The molecule has 0 amide bonds. The Morgan fingerprint density at radius 2 is 1.95 bits per heavy atom. The van der Waals surface area contributed by atoms with Gasteiger partial charge in [-0.15, -0.1) is 0 Å². The minimum Gasteiger partial charge on any atom is -0.449 e. The molecule has 1 aromatic rings. The van der Waals surface area contributed by atoms with E-state index in [0.717, 1.165) is 34.9 Å². The second-order valence-corrected chi connectivity index (χ2v) is 7.14. The van der Waals surface area contributed by atoms with Crippen molar-refractivity contribution >= 4 is 5.69 Å². The number of rotatable bonds is 3. The number of hydrogen-bond acceptors (Lipinski definition) is 3. The van der Waals surface area contributed by atoms with Gasteiger partial charge in [0.25, 0.3) is 0 Å². The van der Waals surface area contributed by atoms with Crippen molar-refractivity contribution < 1.29 is 9.47 Å². The van der Waals surface area contributed by atoms with Crippen LogP contribution in [0.3, 0.4) is 0 Å².